The highest BCUT2D eigenvalue weighted by Gasteiger charge is 2.14. The smallest absolute Gasteiger partial charge is 0.356 e. The molecule has 0 bridgehead atoms. The summed E-state index contributed by atoms with van der Waals surface area (Å²) in [6.07, 6.45) is 0.955. The van der Waals surface area contributed by atoms with Crippen molar-refractivity contribution in [1.29, 1.82) is 0 Å². The molecule has 0 amide bonds. The summed E-state index contributed by atoms with van der Waals surface area (Å²) in [7, 11) is 0. The van der Waals surface area contributed by atoms with E-state index in [1.807, 2.05) is 24.3 Å². The molecule has 5 nitrogen and oxygen atoms in total. The van der Waals surface area contributed by atoms with Gasteiger partial charge in [0.1, 0.15) is 0 Å². The molecule has 5 heteroatoms. The standard InChI is InChI=1S/C14H16N2O3/c1-2-10-3-5-11(6-4-10)13-9-12(14(18)19)15-16(13)7-8-17/h3-6,9,17H,2,7-8H2,1H3,(H,18,19). The van der Waals surface area contributed by atoms with E-state index in [4.69, 9.17) is 10.2 Å². The van der Waals surface area contributed by atoms with Crippen molar-refractivity contribution >= 4 is 5.97 Å². The molecule has 0 aliphatic heterocycles. The number of hydrogen-bond acceptors (Lipinski definition) is 3. The summed E-state index contributed by atoms with van der Waals surface area (Å²) in [5, 5.41) is 22.0. The van der Waals surface area contributed by atoms with E-state index < -0.39 is 5.97 Å². The van der Waals surface area contributed by atoms with Crippen LogP contribution in [-0.4, -0.2) is 32.6 Å². The maximum atomic E-state index is 11.0. The lowest BCUT2D eigenvalue weighted by molar-refractivity contribution is 0.0689. The fourth-order valence-electron chi connectivity index (χ4n) is 1.93. The van der Waals surface area contributed by atoms with Crippen molar-refractivity contribution in [3.63, 3.8) is 0 Å². The van der Waals surface area contributed by atoms with Crippen LogP contribution in [0.1, 0.15) is 23.0 Å². The minimum Gasteiger partial charge on any atom is -0.476 e. The molecule has 19 heavy (non-hydrogen) atoms. The van der Waals surface area contributed by atoms with Crippen LogP contribution in [0, 0.1) is 0 Å². The van der Waals surface area contributed by atoms with Crippen LogP contribution in [0.15, 0.2) is 30.3 Å². The fourth-order valence-corrected chi connectivity index (χ4v) is 1.93. The van der Waals surface area contributed by atoms with E-state index in [1.54, 1.807) is 0 Å². The van der Waals surface area contributed by atoms with Gasteiger partial charge in [0.2, 0.25) is 0 Å². The Morgan fingerprint density at radius 1 is 1.32 bits per heavy atom. The number of aromatic carboxylic acids is 1. The van der Waals surface area contributed by atoms with E-state index in [0.717, 1.165) is 12.0 Å². The van der Waals surface area contributed by atoms with Gasteiger partial charge in [-0.3, -0.25) is 4.68 Å². The van der Waals surface area contributed by atoms with Crippen molar-refractivity contribution in [3.8, 4) is 11.3 Å². The molecule has 0 aliphatic rings. The first-order valence-corrected chi connectivity index (χ1v) is 6.17. The van der Waals surface area contributed by atoms with Gasteiger partial charge in [-0.2, -0.15) is 5.10 Å². The minimum absolute atomic E-state index is 0.0111. The topological polar surface area (TPSA) is 75.3 Å². The SMILES string of the molecule is CCc1ccc(-c2cc(C(=O)O)nn2CCO)cc1. The Hall–Kier alpha value is -2.14. The molecule has 1 aromatic heterocycles. The number of carbonyl (C=O) groups is 1. The normalized spacial score (nSPS) is 10.6. The first-order valence-electron chi connectivity index (χ1n) is 6.17. The molecule has 0 unspecified atom stereocenters. The van der Waals surface area contributed by atoms with Crippen LogP contribution >= 0.6 is 0 Å². The van der Waals surface area contributed by atoms with Gasteiger partial charge in [0.15, 0.2) is 5.69 Å². The molecule has 1 aromatic carbocycles. The summed E-state index contributed by atoms with van der Waals surface area (Å²) in [6.45, 7) is 2.27. The molecule has 2 N–H and O–H groups in total. The van der Waals surface area contributed by atoms with Gasteiger partial charge in [0, 0.05) is 0 Å². The van der Waals surface area contributed by atoms with E-state index in [-0.39, 0.29) is 18.8 Å². The highest BCUT2D eigenvalue weighted by atomic mass is 16.4. The number of nitrogens with zero attached hydrogens (tertiary/aromatic N) is 2. The summed E-state index contributed by atoms with van der Waals surface area (Å²) >= 11 is 0. The molecule has 2 rings (SSSR count). The maximum absolute atomic E-state index is 11.0. The van der Waals surface area contributed by atoms with Gasteiger partial charge in [-0.1, -0.05) is 31.2 Å². The molecule has 0 aliphatic carbocycles. The van der Waals surface area contributed by atoms with E-state index in [1.165, 1.54) is 16.3 Å². The van der Waals surface area contributed by atoms with Crippen LogP contribution in [0.4, 0.5) is 0 Å². The molecule has 100 valence electrons. The number of rotatable bonds is 5. The molecular weight excluding hydrogens is 244 g/mol. The van der Waals surface area contributed by atoms with Crippen molar-refractivity contribution in [1.82, 2.24) is 9.78 Å². The second kappa shape index (κ2) is 5.67. The van der Waals surface area contributed by atoms with Gasteiger partial charge in [-0.25, -0.2) is 4.79 Å². The lowest BCUT2D eigenvalue weighted by Crippen LogP contribution is -2.07. The van der Waals surface area contributed by atoms with Gasteiger partial charge in [0.05, 0.1) is 18.8 Å². The third-order valence-electron chi connectivity index (χ3n) is 2.97. The molecule has 0 fully saturated rings. The first kappa shape index (κ1) is 13.3. The van der Waals surface area contributed by atoms with Gasteiger partial charge in [-0.15, -0.1) is 0 Å². The molecule has 0 saturated carbocycles. The van der Waals surface area contributed by atoms with Crippen LogP contribution in [0.25, 0.3) is 11.3 Å². The number of aromatic nitrogens is 2. The monoisotopic (exact) mass is 260 g/mol. The summed E-state index contributed by atoms with van der Waals surface area (Å²) in [5.41, 5.74) is 2.80. The van der Waals surface area contributed by atoms with Crippen molar-refractivity contribution in [3.05, 3.63) is 41.6 Å². The van der Waals surface area contributed by atoms with Crippen LogP contribution in [-0.2, 0) is 13.0 Å². The lowest BCUT2D eigenvalue weighted by atomic mass is 10.1. The van der Waals surface area contributed by atoms with Crippen molar-refractivity contribution < 1.29 is 15.0 Å². The second-order valence-electron chi connectivity index (χ2n) is 4.22. The number of aliphatic hydroxyl groups excluding tert-OH is 1. The highest BCUT2D eigenvalue weighted by molar-refractivity contribution is 5.87. The number of carboxylic acid groups (broad SMARTS) is 1. The molecule has 0 spiro atoms. The summed E-state index contributed by atoms with van der Waals surface area (Å²) in [5.74, 6) is -1.07. The summed E-state index contributed by atoms with van der Waals surface area (Å²) < 4.78 is 1.52. The highest BCUT2D eigenvalue weighted by Crippen LogP contribution is 2.21. The first-order chi connectivity index (χ1) is 9.15. The Balaban J connectivity index is 2.43. The van der Waals surface area contributed by atoms with E-state index in [9.17, 15) is 4.79 Å². The molecular formula is C14H16N2O3. The second-order valence-corrected chi connectivity index (χ2v) is 4.22. The number of aryl methyl sites for hydroxylation is 1. The van der Waals surface area contributed by atoms with Gasteiger partial charge in [0.25, 0.3) is 0 Å². The van der Waals surface area contributed by atoms with E-state index in [2.05, 4.69) is 12.0 Å². The van der Waals surface area contributed by atoms with Crippen LogP contribution in [0.3, 0.4) is 0 Å². The third kappa shape index (κ3) is 2.82. The number of aliphatic hydroxyl groups is 1. The van der Waals surface area contributed by atoms with Gasteiger partial charge < -0.3 is 10.2 Å². The van der Waals surface area contributed by atoms with Gasteiger partial charge in [-0.05, 0) is 23.6 Å². The minimum atomic E-state index is -1.07. The van der Waals surface area contributed by atoms with Crippen LogP contribution < -0.4 is 0 Å². The molecule has 0 atom stereocenters. The number of hydrogen-bond donors (Lipinski definition) is 2. The number of carboxylic acids is 1. The third-order valence-corrected chi connectivity index (χ3v) is 2.97. The molecule has 2 aromatic rings. The predicted octanol–water partition coefficient (Wildman–Crippen LogP) is 1.80. The largest absolute Gasteiger partial charge is 0.476 e. The molecule has 1 heterocycles. The van der Waals surface area contributed by atoms with Crippen molar-refractivity contribution in [2.75, 3.05) is 6.61 Å². The average molecular weight is 260 g/mol. The zero-order valence-electron chi connectivity index (χ0n) is 10.7. The molecule has 0 saturated heterocycles. The van der Waals surface area contributed by atoms with Crippen LogP contribution in [0.5, 0.6) is 0 Å². The van der Waals surface area contributed by atoms with Crippen LogP contribution in [0.2, 0.25) is 0 Å². The van der Waals surface area contributed by atoms with Crippen molar-refractivity contribution in [2.45, 2.75) is 19.9 Å². The average Bonchev–Trinajstić information content (AvgIpc) is 2.84. The Bertz CT molecular complexity index is 573. The lowest BCUT2D eigenvalue weighted by Gasteiger charge is -2.06. The fraction of sp³-hybridized carbons (Fsp3) is 0.286. The Labute approximate surface area is 111 Å². The van der Waals surface area contributed by atoms with E-state index in [0.29, 0.717) is 5.69 Å². The maximum Gasteiger partial charge on any atom is 0.356 e. The summed E-state index contributed by atoms with van der Waals surface area (Å²) in [6, 6.07) is 9.42. The van der Waals surface area contributed by atoms with E-state index >= 15 is 0 Å². The Morgan fingerprint density at radius 2 is 2.00 bits per heavy atom. The quantitative estimate of drug-likeness (QED) is 0.859. The molecule has 0 radical (unpaired) electrons. The zero-order chi connectivity index (χ0) is 13.8. The van der Waals surface area contributed by atoms with Crippen molar-refractivity contribution in [2.24, 2.45) is 0 Å². The predicted molar refractivity (Wildman–Crippen MR) is 71.1 cm³/mol. The Morgan fingerprint density at radius 3 is 2.53 bits per heavy atom. The number of benzene rings is 1. The zero-order valence-corrected chi connectivity index (χ0v) is 10.7. The van der Waals surface area contributed by atoms with Gasteiger partial charge >= 0.3 is 5.97 Å². The Kier molecular flexibility index (Phi) is 3.97. The summed E-state index contributed by atoms with van der Waals surface area (Å²) in [4.78, 5) is 11.0.